The van der Waals surface area contributed by atoms with Crippen LogP contribution < -0.4 is 16.0 Å². The fourth-order valence-corrected chi connectivity index (χ4v) is 4.56. The van der Waals surface area contributed by atoms with E-state index in [9.17, 15) is 0 Å². The lowest BCUT2D eigenvalue weighted by Gasteiger charge is -2.17. The molecule has 28 heavy (non-hydrogen) atoms. The van der Waals surface area contributed by atoms with Crippen LogP contribution in [-0.4, -0.2) is 0 Å². The highest BCUT2D eigenvalue weighted by atomic mass is 15.0. The van der Waals surface area contributed by atoms with Crippen molar-refractivity contribution in [2.24, 2.45) is 0 Å². The smallest absolute Gasteiger partial charge is 0.221 e. The van der Waals surface area contributed by atoms with Crippen molar-refractivity contribution in [1.29, 1.82) is 0 Å². The number of aryl methyl sites for hydroxylation is 5. The summed E-state index contributed by atoms with van der Waals surface area (Å²) in [6.07, 6.45) is 0. The molecule has 1 aromatic heterocycles. The molecule has 4 aromatic rings. The molecule has 142 valence electrons. The van der Waals surface area contributed by atoms with Gasteiger partial charge in [-0.3, -0.25) is 0 Å². The number of rotatable bonds is 2. The van der Waals surface area contributed by atoms with Crippen molar-refractivity contribution >= 4 is 33.1 Å². The lowest BCUT2D eigenvalue weighted by atomic mass is 9.92. The maximum Gasteiger partial charge on any atom is 0.221 e. The quantitative estimate of drug-likeness (QED) is 0.283. The molecule has 0 bridgehead atoms. The van der Waals surface area contributed by atoms with Gasteiger partial charge in [0.05, 0.1) is 10.8 Å². The number of fused-ring (bicyclic) bond motifs is 3. The van der Waals surface area contributed by atoms with E-state index < -0.39 is 0 Å². The lowest BCUT2D eigenvalue weighted by molar-refractivity contribution is -0.655. The topological polar surface area (TPSA) is 55.9 Å². The first-order valence-corrected chi connectivity index (χ1v) is 9.85. The van der Waals surface area contributed by atoms with E-state index in [0.717, 1.165) is 29.0 Å². The molecule has 0 radical (unpaired) electrons. The SMILES string of the molecule is CC[n+]1c(-c2cccc(C)c2)c2cc(N)cc(C)c2c2cc(C)c(N)c(C)c21. The van der Waals surface area contributed by atoms with Crippen LogP contribution in [0.2, 0.25) is 0 Å². The van der Waals surface area contributed by atoms with Crippen molar-refractivity contribution in [2.45, 2.75) is 41.2 Å². The van der Waals surface area contributed by atoms with Crippen LogP contribution in [0.15, 0.2) is 42.5 Å². The molecule has 0 fully saturated rings. The van der Waals surface area contributed by atoms with Crippen LogP contribution >= 0.6 is 0 Å². The van der Waals surface area contributed by atoms with E-state index in [0.29, 0.717) is 0 Å². The fourth-order valence-electron chi connectivity index (χ4n) is 4.56. The maximum absolute atomic E-state index is 6.46. The summed E-state index contributed by atoms with van der Waals surface area (Å²) in [5.41, 5.74) is 22.7. The molecule has 0 unspecified atom stereocenters. The Hall–Kier alpha value is -3.07. The summed E-state index contributed by atoms with van der Waals surface area (Å²) in [7, 11) is 0. The Labute approximate surface area is 166 Å². The molecule has 0 atom stereocenters. The summed E-state index contributed by atoms with van der Waals surface area (Å²) >= 11 is 0. The minimum absolute atomic E-state index is 0.796. The Bertz CT molecular complexity index is 1250. The third-order valence-corrected chi connectivity index (χ3v) is 5.83. The molecule has 4 rings (SSSR count). The van der Waals surface area contributed by atoms with Crippen molar-refractivity contribution < 1.29 is 4.57 Å². The Kier molecular flexibility index (Phi) is 4.26. The van der Waals surface area contributed by atoms with E-state index in [4.69, 9.17) is 11.5 Å². The number of anilines is 2. The van der Waals surface area contributed by atoms with Gasteiger partial charge < -0.3 is 11.5 Å². The first-order valence-electron chi connectivity index (χ1n) is 9.85. The summed E-state index contributed by atoms with van der Waals surface area (Å²) in [4.78, 5) is 0. The maximum atomic E-state index is 6.46. The average Bonchev–Trinajstić information content (AvgIpc) is 2.64. The van der Waals surface area contributed by atoms with Crippen LogP contribution in [0.1, 0.15) is 29.2 Å². The number of aromatic nitrogens is 1. The van der Waals surface area contributed by atoms with Gasteiger partial charge in [-0.25, -0.2) is 0 Å². The number of nitrogens with two attached hydrogens (primary N) is 2. The van der Waals surface area contributed by atoms with Crippen LogP contribution in [0.25, 0.3) is 32.9 Å². The number of pyridine rings is 1. The third kappa shape index (κ3) is 2.62. The van der Waals surface area contributed by atoms with Crippen LogP contribution in [0.3, 0.4) is 0 Å². The summed E-state index contributed by atoms with van der Waals surface area (Å²) < 4.78 is 2.40. The molecule has 0 amide bonds. The number of hydrogen-bond donors (Lipinski definition) is 2. The van der Waals surface area contributed by atoms with E-state index in [-0.39, 0.29) is 0 Å². The van der Waals surface area contributed by atoms with Gasteiger partial charge in [-0.15, -0.1) is 0 Å². The fraction of sp³-hybridized carbons (Fsp3) is 0.240. The summed E-state index contributed by atoms with van der Waals surface area (Å²) in [6, 6.07) is 15.1. The molecular formula is C25H28N3+. The van der Waals surface area contributed by atoms with Gasteiger partial charge in [0.15, 0.2) is 0 Å². The van der Waals surface area contributed by atoms with Gasteiger partial charge >= 0.3 is 0 Å². The standard InChI is InChI=1S/C25H27N3/c1-6-28-24-17(5)23(27)16(4)12-20(24)22-15(3)11-19(26)13-21(22)25(28)18-9-7-8-14(2)10-18/h7-13,27H,6,26H2,1-5H3/p+1. The second kappa shape index (κ2) is 6.52. The number of nitrogen functional groups attached to an aromatic ring is 2. The van der Waals surface area contributed by atoms with Gasteiger partial charge in [0.25, 0.3) is 0 Å². The number of benzene rings is 3. The van der Waals surface area contributed by atoms with Crippen LogP contribution in [0.5, 0.6) is 0 Å². The third-order valence-electron chi connectivity index (χ3n) is 5.83. The van der Waals surface area contributed by atoms with Gasteiger partial charge in [-0.05, 0) is 76.1 Å². The monoisotopic (exact) mass is 370 g/mol. The molecule has 0 aliphatic rings. The molecule has 3 aromatic carbocycles. The number of hydrogen-bond acceptors (Lipinski definition) is 2. The first kappa shape index (κ1) is 18.3. The highest BCUT2D eigenvalue weighted by Gasteiger charge is 2.26. The summed E-state index contributed by atoms with van der Waals surface area (Å²) in [5.74, 6) is 0. The molecule has 3 heteroatoms. The lowest BCUT2D eigenvalue weighted by Crippen LogP contribution is -2.37. The molecule has 0 saturated heterocycles. The molecule has 3 nitrogen and oxygen atoms in total. The Morgan fingerprint density at radius 2 is 1.61 bits per heavy atom. The molecular weight excluding hydrogens is 342 g/mol. The predicted molar refractivity (Wildman–Crippen MR) is 121 cm³/mol. The van der Waals surface area contributed by atoms with Crippen molar-refractivity contribution in [3.05, 3.63) is 64.7 Å². The van der Waals surface area contributed by atoms with Gasteiger partial charge in [-0.1, -0.05) is 17.7 Å². The molecule has 0 aliphatic carbocycles. The van der Waals surface area contributed by atoms with E-state index in [1.807, 2.05) is 0 Å². The molecule has 1 heterocycles. The molecule has 0 saturated carbocycles. The highest BCUT2D eigenvalue weighted by Crippen LogP contribution is 2.38. The largest absolute Gasteiger partial charge is 0.399 e. The van der Waals surface area contributed by atoms with Gasteiger partial charge in [0.1, 0.15) is 6.54 Å². The van der Waals surface area contributed by atoms with E-state index in [1.54, 1.807) is 0 Å². The van der Waals surface area contributed by atoms with Crippen molar-refractivity contribution in [2.75, 3.05) is 11.5 Å². The highest BCUT2D eigenvalue weighted by molar-refractivity contribution is 6.12. The van der Waals surface area contributed by atoms with Crippen LogP contribution in [0.4, 0.5) is 11.4 Å². The van der Waals surface area contributed by atoms with Gasteiger partial charge in [-0.2, -0.15) is 4.57 Å². The van der Waals surface area contributed by atoms with Crippen molar-refractivity contribution in [3.8, 4) is 11.3 Å². The van der Waals surface area contributed by atoms with Gasteiger partial charge in [0.2, 0.25) is 11.2 Å². The van der Waals surface area contributed by atoms with E-state index >= 15 is 0 Å². The Morgan fingerprint density at radius 1 is 0.857 bits per heavy atom. The zero-order valence-corrected chi connectivity index (χ0v) is 17.4. The Balaban J connectivity index is 2.37. The van der Waals surface area contributed by atoms with E-state index in [1.165, 1.54) is 44.1 Å². The summed E-state index contributed by atoms with van der Waals surface area (Å²) in [6.45, 7) is 11.6. The zero-order valence-electron chi connectivity index (χ0n) is 17.4. The zero-order chi connectivity index (χ0) is 20.2. The van der Waals surface area contributed by atoms with Crippen LogP contribution in [-0.2, 0) is 6.54 Å². The summed E-state index contributed by atoms with van der Waals surface area (Å²) in [5, 5.41) is 3.70. The average molecular weight is 371 g/mol. The molecule has 0 aliphatic heterocycles. The second-order valence-electron chi connectivity index (χ2n) is 7.85. The number of nitrogens with zero attached hydrogens (tertiary/aromatic N) is 1. The first-order chi connectivity index (χ1) is 13.3. The van der Waals surface area contributed by atoms with E-state index in [2.05, 4.69) is 81.7 Å². The minimum atomic E-state index is 0.796. The Morgan fingerprint density at radius 3 is 2.29 bits per heavy atom. The molecule has 4 N–H and O–H groups in total. The second-order valence-corrected chi connectivity index (χ2v) is 7.85. The van der Waals surface area contributed by atoms with Crippen molar-refractivity contribution in [1.82, 2.24) is 0 Å². The van der Waals surface area contributed by atoms with Crippen LogP contribution in [0, 0.1) is 27.7 Å². The normalized spacial score (nSPS) is 11.5. The predicted octanol–water partition coefficient (Wildman–Crippen LogP) is 5.37. The van der Waals surface area contributed by atoms with Crippen molar-refractivity contribution in [3.63, 3.8) is 0 Å². The molecule has 0 spiro atoms. The van der Waals surface area contributed by atoms with Gasteiger partial charge in [0, 0.05) is 27.9 Å². The minimum Gasteiger partial charge on any atom is -0.399 e.